The zero-order chi connectivity index (χ0) is 11.4. The van der Waals surface area contributed by atoms with Crippen LogP contribution in [0.5, 0.6) is 0 Å². The first-order chi connectivity index (χ1) is 7.81. The highest BCUT2D eigenvalue weighted by atomic mass is 79.9. The van der Waals surface area contributed by atoms with E-state index < -0.39 is 0 Å². The fourth-order valence-electron chi connectivity index (χ4n) is 2.53. The lowest BCUT2D eigenvalue weighted by Crippen LogP contribution is -2.39. The van der Waals surface area contributed by atoms with Gasteiger partial charge in [0.1, 0.15) is 0 Å². The highest BCUT2D eigenvalue weighted by Crippen LogP contribution is 2.28. The summed E-state index contributed by atoms with van der Waals surface area (Å²) >= 11 is 3.50. The van der Waals surface area contributed by atoms with Crippen LogP contribution in [0.15, 0.2) is 22.9 Å². The van der Waals surface area contributed by atoms with Crippen LogP contribution in [0.1, 0.15) is 39.0 Å². The number of nitrogens with zero attached hydrogens (tertiary/aromatic N) is 2. The van der Waals surface area contributed by atoms with Gasteiger partial charge in [-0.1, -0.05) is 13.3 Å². The Morgan fingerprint density at radius 2 is 2.31 bits per heavy atom. The molecule has 1 atom stereocenters. The Hall–Kier alpha value is -0.570. The van der Waals surface area contributed by atoms with Crippen molar-refractivity contribution in [3.63, 3.8) is 0 Å². The van der Waals surface area contributed by atoms with Crippen molar-refractivity contribution in [1.82, 2.24) is 4.98 Å². The summed E-state index contributed by atoms with van der Waals surface area (Å²) in [5, 5.41) is 0. The minimum Gasteiger partial charge on any atom is -0.367 e. The summed E-state index contributed by atoms with van der Waals surface area (Å²) in [6, 6.07) is 2.90. The summed E-state index contributed by atoms with van der Waals surface area (Å²) in [5.41, 5.74) is 1.27. The van der Waals surface area contributed by atoms with E-state index in [4.69, 9.17) is 0 Å². The van der Waals surface area contributed by atoms with E-state index in [1.165, 1.54) is 44.3 Å². The molecular weight excluding hydrogens is 264 g/mol. The highest BCUT2D eigenvalue weighted by Gasteiger charge is 2.21. The molecule has 88 valence electrons. The third kappa shape index (κ3) is 2.76. The SMILES string of the molecule is CCCC1CCCCN1c1cncc(Br)c1. The van der Waals surface area contributed by atoms with Crippen molar-refractivity contribution >= 4 is 21.6 Å². The number of rotatable bonds is 3. The maximum Gasteiger partial charge on any atom is 0.0566 e. The lowest BCUT2D eigenvalue weighted by atomic mass is 9.98. The van der Waals surface area contributed by atoms with Gasteiger partial charge in [0.15, 0.2) is 0 Å². The summed E-state index contributed by atoms with van der Waals surface area (Å²) in [6.45, 7) is 3.45. The molecule has 0 bridgehead atoms. The minimum absolute atomic E-state index is 0.717. The quantitative estimate of drug-likeness (QED) is 0.833. The van der Waals surface area contributed by atoms with Crippen LogP contribution < -0.4 is 4.90 Å². The van der Waals surface area contributed by atoms with Gasteiger partial charge < -0.3 is 4.90 Å². The highest BCUT2D eigenvalue weighted by molar-refractivity contribution is 9.10. The van der Waals surface area contributed by atoms with Crippen LogP contribution in [0.4, 0.5) is 5.69 Å². The molecule has 0 aliphatic carbocycles. The van der Waals surface area contributed by atoms with Gasteiger partial charge in [-0.2, -0.15) is 0 Å². The fraction of sp³-hybridized carbons (Fsp3) is 0.615. The van der Waals surface area contributed by atoms with Crippen LogP contribution in [0.3, 0.4) is 0 Å². The average Bonchev–Trinajstić information content (AvgIpc) is 2.30. The molecule has 0 radical (unpaired) electrons. The van der Waals surface area contributed by atoms with Gasteiger partial charge in [0.2, 0.25) is 0 Å². The van der Waals surface area contributed by atoms with E-state index in [1.807, 2.05) is 12.4 Å². The molecule has 1 aromatic rings. The van der Waals surface area contributed by atoms with Crippen LogP contribution in [0, 0.1) is 0 Å². The van der Waals surface area contributed by atoms with E-state index in [0.29, 0.717) is 0 Å². The van der Waals surface area contributed by atoms with Crippen LogP contribution >= 0.6 is 15.9 Å². The molecule has 0 aromatic carbocycles. The van der Waals surface area contributed by atoms with Crippen molar-refractivity contribution in [1.29, 1.82) is 0 Å². The van der Waals surface area contributed by atoms with Gasteiger partial charge in [-0.05, 0) is 47.7 Å². The normalized spacial score (nSPS) is 21.1. The smallest absolute Gasteiger partial charge is 0.0566 e. The molecule has 2 nitrogen and oxygen atoms in total. The Kier molecular flexibility index (Phi) is 4.22. The van der Waals surface area contributed by atoms with Crippen molar-refractivity contribution in [3.05, 3.63) is 22.9 Å². The van der Waals surface area contributed by atoms with Crippen LogP contribution in [0.2, 0.25) is 0 Å². The number of piperidine rings is 1. The monoisotopic (exact) mass is 282 g/mol. The fourth-order valence-corrected chi connectivity index (χ4v) is 2.88. The zero-order valence-electron chi connectivity index (χ0n) is 9.82. The van der Waals surface area contributed by atoms with E-state index in [0.717, 1.165) is 10.5 Å². The molecule has 16 heavy (non-hydrogen) atoms. The summed E-state index contributed by atoms with van der Waals surface area (Å²) in [5.74, 6) is 0. The summed E-state index contributed by atoms with van der Waals surface area (Å²) in [4.78, 5) is 6.80. The topological polar surface area (TPSA) is 16.1 Å². The first-order valence-electron chi connectivity index (χ1n) is 6.18. The van der Waals surface area contributed by atoms with Gasteiger partial charge in [0, 0.05) is 23.3 Å². The number of hydrogen-bond donors (Lipinski definition) is 0. The lowest BCUT2D eigenvalue weighted by molar-refractivity contribution is 0.434. The molecule has 1 saturated heterocycles. The summed E-state index contributed by atoms with van der Waals surface area (Å²) in [6.07, 6.45) is 10.4. The Bertz CT molecular complexity index is 338. The largest absolute Gasteiger partial charge is 0.367 e. The Morgan fingerprint density at radius 1 is 1.44 bits per heavy atom. The molecule has 1 aliphatic heterocycles. The molecule has 0 saturated carbocycles. The number of hydrogen-bond acceptors (Lipinski definition) is 2. The first-order valence-corrected chi connectivity index (χ1v) is 6.97. The zero-order valence-corrected chi connectivity index (χ0v) is 11.4. The van der Waals surface area contributed by atoms with Crippen LogP contribution in [0.25, 0.3) is 0 Å². The molecule has 3 heteroatoms. The molecular formula is C13H19BrN2. The van der Waals surface area contributed by atoms with Crippen molar-refractivity contribution in [2.45, 2.75) is 45.1 Å². The van der Waals surface area contributed by atoms with Gasteiger partial charge >= 0.3 is 0 Å². The molecule has 0 amide bonds. The van der Waals surface area contributed by atoms with E-state index in [-0.39, 0.29) is 0 Å². The predicted molar refractivity (Wildman–Crippen MR) is 71.8 cm³/mol. The molecule has 0 N–H and O–H groups in total. The summed E-state index contributed by atoms with van der Waals surface area (Å²) < 4.78 is 1.07. The Morgan fingerprint density at radius 3 is 3.06 bits per heavy atom. The molecule has 1 aromatic heterocycles. The van der Waals surface area contributed by atoms with Gasteiger partial charge in [0.05, 0.1) is 11.9 Å². The molecule has 2 heterocycles. The van der Waals surface area contributed by atoms with Crippen LogP contribution in [-0.2, 0) is 0 Å². The number of aromatic nitrogens is 1. The van der Waals surface area contributed by atoms with E-state index >= 15 is 0 Å². The molecule has 0 spiro atoms. The molecule has 1 fully saturated rings. The first kappa shape index (κ1) is 11.9. The maximum absolute atomic E-state index is 4.27. The maximum atomic E-state index is 4.27. The molecule has 1 aliphatic rings. The van der Waals surface area contributed by atoms with Crippen molar-refractivity contribution in [2.24, 2.45) is 0 Å². The average molecular weight is 283 g/mol. The van der Waals surface area contributed by atoms with Gasteiger partial charge in [-0.25, -0.2) is 0 Å². The molecule has 2 rings (SSSR count). The van der Waals surface area contributed by atoms with E-state index in [1.54, 1.807) is 0 Å². The second-order valence-corrected chi connectivity index (χ2v) is 5.41. The van der Waals surface area contributed by atoms with E-state index in [2.05, 4.69) is 38.8 Å². The number of pyridine rings is 1. The second-order valence-electron chi connectivity index (χ2n) is 4.49. The Labute approximate surface area is 106 Å². The van der Waals surface area contributed by atoms with Gasteiger partial charge in [0.25, 0.3) is 0 Å². The van der Waals surface area contributed by atoms with Crippen LogP contribution in [-0.4, -0.2) is 17.6 Å². The third-order valence-corrected chi connectivity index (χ3v) is 3.70. The minimum atomic E-state index is 0.717. The van der Waals surface area contributed by atoms with Crippen molar-refractivity contribution < 1.29 is 0 Å². The van der Waals surface area contributed by atoms with Gasteiger partial charge in [-0.3, -0.25) is 4.98 Å². The molecule has 1 unspecified atom stereocenters. The standard InChI is InChI=1S/C13H19BrN2/c1-2-5-12-6-3-4-7-16(12)13-8-11(14)9-15-10-13/h8-10,12H,2-7H2,1H3. The second kappa shape index (κ2) is 5.67. The van der Waals surface area contributed by atoms with Gasteiger partial charge in [-0.15, -0.1) is 0 Å². The van der Waals surface area contributed by atoms with Crippen molar-refractivity contribution in [3.8, 4) is 0 Å². The summed E-state index contributed by atoms with van der Waals surface area (Å²) in [7, 11) is 0. The number of anilines is 1. The number of halogens is 1. The third-order valence-electron chi connectivity index (χ3n) is 3.27. The van der Waals surface area contributed by atoms with Crippen molar-refractivity contribution in [2.75, 3.05) is 11.4 Å². The van der Waals surface area contributed by atoms with E-state index in [9.17, 15) is 0 Å². The Balaban J connectivity index is 2.16. The lowest BCUT2D eigenvalue weighted by Gasteiger charge is -2.37. The predicted octanol–water partition coefficient (Wildman–Crippen LogP) is 4.00.